The molecule has 7 heteroatoms. The molecule has 0 radical (unpaired) electrons. The van der Waals surface area contributed by atoms with Gasteiger partial charge in [-0.15, -0.1) is 0 Å². The molecule has 4 N–H and O–H groups in total. The Labute approximate surface area is 103 Å². The number of aliphatic hydroxyl groups is 1. The Bertz CT molecular complexity index is 419. The van der Waals surface area contributed by atoms with Gasteiger partial charge < -0.3 is 20.9 Å². The van der Waals surface area contributed by atoms with E-state index in [0.717, 1.165) is 12.1 Å². The zero-order chi connectivity index (χ0) is 13.9. The number of nitrogen functional groups attached to an aromatic ring is 1. The molecule has 1 aromatic carbocycles. The summed E-state index contributed by atoms with van der Waals surface area (Å²) < 4.78 is 41.3. The summed E-state index contributed by atoms with van der Waals surface area (Å²) in [5.74, 6) is -1.57. The van der Waals surface area contributed by atoms with Gasteiger partial charge in [0, 0.05) is 18.7 Å². The SMILES string of the molecule is CC(C)(O)CNc1cc(OC(F)F)c(F)cc1N. The number of nitrogens with one attached hydrogen (secondary N) is 1. The van der Waals surface area contributed by atoms with E-state index in [2.05, 4.69) is 10.1 Å². The van der Waals surface area contributed by atoms with Crippen LogP contribution in [0.5, 0.6) is 5.75 Å². The van der Waals surface area contributed by atoms with Gasteiger partial charge in [-0.05, 0) is 13.8 Å². The van der Waals surface area contributed by atoms with Crippen LogP contribution in [0.4, 0.5) is 24.5 Å². The van der Waals surface area contributed by atoms with Crippen LogP contribution in [0.25, 0.3) is 0 Å². The number of rotatable bonds is 5. The molecule has 0 saturated carbocycles. The van der Waals surface area contributed by atoms with Crippen LogP contribution in [0.1, 0.15) is 13.8 Å². The maximum absolute atomic E-state index is 13.2. The first-order valence-electron chi connectivity index (χ1n) is 5.19. The number of halogens is 3. The minimum atomic E-state index is -3.12. The summed E-state index contributed by atoms with van der Waals surface area (Å²) in [7, 11) is 0. The minimum Gasteiger partial charge on any atom is -0.432 e. The fourth-order valence-corrected chi connectivity index (χ4v) is 1.22. The molecule has 0 aliphatic rings. The van der Waals surface area contributed by atoms with E-state index in [4.69, 9.17) is 5.73 Å². The Morgan fingerprint density at radius 2 is 2.06 bits per heavy atom. The van der Waals surface area contributed by atoms with Crippen LogP contribution in [-0.4, -0.2) is 23.9 Å². The Balaban J connectivity index is 2.91. The molecule has 0 aliphatic heterocycles. The molecule has 1 aromatic rings. The third-order valence-electron chi connectivity index (χ3n) is 2.03. The summed E-state index contributed by atoms with van der Waals surface area (Å²) in [5, 5.41) is 12.2. The lowest BCUT2D eigenvalue weighted by molar-refractivity contribution is -0.0521. The van der Waals surface area contributed by atoms with Gasteiger partial charge in [-0.2, -0.15) is 8.78 Å². The van der Waals surface area contributed by atoms with Crippen LogP contribution in [-0.2, 0) is 0 Å². The average Bonchev–Trinajstić information content (AvgIpc) is 2.18. The molecule has 0 fully saturated rings. The second-order valence-corrected chi connectivity index (χ2v) is 4.41. The number of nitrogens with two attached hydrogens (primary N) is 1. The smallest absolute Gasteiger partial charge is 0.387 e. The average molecular weight is 264 g/mol. The highest BCUT2D eigenvalue weighted by Crippen LogP contribution is 2.29. The fraction of sp³-hybridized carbons (Fsp3) is 0.455. The van der Waals surface area contributed by atoms with Gasteiger partial charge in [0.2, 0.25) is 0 Å². The van der Waals surface area contributed by atoms with Crippen molar-refractivity contribution in [2.45, 2.75) is 26.1 Å². The van der Waals surface area contributed by atoms with Crippen molar-refractivity contribution >= 4 is 11.4 Å². The molecular formula is C11H15F3N2O2. The van der Waals surface area contributed by atoms with Crippen molar-refractivity contribution < 1.29 is 23.0 Å². The molecule has 4 nitrogen and oxygen atoms in total. The third kappa shape index (κ3) is 4.33. The highest BCUT2D eigenvalue weighted by Gasteiger charge is 2.16. The quantitative estimate of drug-likeness (QED) is 0.713. The Morgan fingerprint density at radius 3 is 2.56 bits per heavy atom. The Kier molecular flexibility index (Phi) is 4.28. The highest BCUT2D eigenvalue weighted by molar-refractivity contribution is 5.68. The van der Waals surface area contributed by atoms with E-state index in [1.807, 2.05) is 0 Å². The van der Waals surface area contributed by atoms with Crippen molar-refractivity contribution in [3.8, 4) is 5.75 Å². The first-order chi connectivity index (χ1) is 8.19. The second-order valence-electron chi connectivity index (χ2n) is 4.41. The van der Waals surface area contributed by atoms with Gasteiger partial charge in [0.05, 0.1) is 17.0 Å². The summed E-state index contributed by atoms with van der Waals surface area (Å²) in [4.78, 5) is 0. The van der Waals surface area contributed by atoms with Crippen molar-refractivity contribution in [3.63, 3.8) is 0 Å². The molecule has 0 heterocycles. The maximum Gasteiger partial charge on any atom is 0.387 e. The second kappa shape index (κ2) is 5.34. The lowest BCUT2D eigenvalue weighted by atomic mass is 10.1. The molecule has 1 rings (SSSR count). The van der Waals surface area contributed by atoms with Crippen LogP contribution >= 0.6 is 0 Å². The van der Waals surface area contributed by atoms with Crippen LogP contribution in [0.3, 0.4) is 0 Å². The monoisotopic (exact) mass is 264 g/mol. The van der Waals surface area contributed by atoms with Gasteiger partial charge in [0.1, 0.15) is 0 Å². The maximum atomic E-state index is 13.2. The van der Waals surface area contributed by atoms with E-state index < -0.39 is 23.8 Å². The van der Waals surface area contributed by atoms with Gasteiger partial charge in [-0.25, -0.2) is 4.39 Å². The van der Waals surface area contributed by atoms with Gasteiger partial charge in [0.15, 0.2) is 11.6 Å². The zero-order valence-electron chi connectivity index (χ0n) is 10.0. The topological polar surface area (TPSA) is 67.5 Å². The molecule has 18 heavy (non-hydrogen) atoms. The lowest BCUT2D eigenvalue weighted by Crippen LogP contribution is -2.29. The molecule has 102 valence electrons. The first kappa shape index (κ1) is 14.4. The molecule has 0 spiro atoms. The predicted molar refractivity (Wildman–Crippen MR) is 62.2 cm³/mol. The van der Waals surface area contributed by atoms with Crippen LogP contribution in [0.15, 0.2) is 12.1 Å². The number of anilines is 2. The summed E-state index contributed by atoms with van der Waals surface area (Å²) >= 11 is 0. The normalized spacial score (nSPS) is 11.7. The van der Waals surface area contributed by atoms with Crippen molar-refractivity contribution in [2.24, 2.45) is 0 Å². The molecule has 0 amide bonds. The molecule has 0 aromatic heterocycles. The molecule has 0 aliphatic carbocycles. The van der Waals surface area contributed by atoms with Crippen LogP contribution in [0, 0.1) is 5.82 Å². The van der Waals surface area contributed by atoms with Gasteiger partial charge in [0.25, 0.3) is 0 Å². The summed E-state index contributed by atoms with van der Waals surface area (Å²) in [6.07, 6.45) is 0. The molecule has 0 unspecified atom stereocenters. The van der Waals surface area contributed by atoms with Gasteiger partial charge in [-0.3, -0.25) is 0 Å². The highest BCUT2D eigenvalue weighted by atomic mass is 19.3. The van der Waals surface area contributed by atoms with Crippen LogP contribution < -0.4 is 15.8 Å². The first-order valence-corrected chi connectivity index (χ1v) is 5.19. The number of alkyl halides is 2. The van der Waals surface area contributed by atoms with Gasteiger partial charge >= 0.3 is 6.61 Å². The van der Waals surface area contributed by atoms with Crippen molar-refractivity contribution in [1.82, 2.24) is 0 Å². The molecular weight excluding hydrogens is 249 g/mol. The number of ether oxygens (including phenoxy) is 1. The molecule has 0 atom stereocenters. The van der Waals surface area contributed by atoms with E-state index >= 15 is 0 Å². The minimum absolute atomic E-state index is 0.0402. The van der Waals surface area contributed by atoms with E-state index in [-0.39, 0.29) is 17.9 Å². The zero-order valence-corrected chi connectivity index (χ0v) is 10.0. The van der Waals surface area contributed by atoms with E-state index in [1.165, 1.54) is 0 Å². The third-order valence-corrected chi connectivity index (χ3v) is 2.03. The largest absolute Gasteiger partial charge is 0.432 e. The van der Waals surface area contributed by atoms with E-state index in [9.17, 15) is 18.3 Å². The van der Waals surface area contributed by atoms with Crippen molar-refractivity contribution in [2.75, 3.05) is 17.6 Å². The number of benzene rings is 1. The van der Waals surface area contributed by atoms with Crippen molar-refractivity contribution in [3.05, 3.63) is 17.9 Å². The van der Waals surface area contributed by atoms with Crippen molar-refractivity contribution in [1.29, 1.82) is 0 Å². The Hall–Kier alpha value is -1.63. The molecule has 0 saturated heterocycles. The number of hydrogen-bond acceptors (Lipinski definition) is 4. The summed E-state index contributed by atoms with van der Waals surface area (Å²) in [6, 6.07) is 1.91. The van der Waals surface area contributed by atoms with Crippen LogP contribution in [0.2, 0.25) is 0 Å². The molecule has 0 bridgehead atoms. The van der Waals surface area contributed by atoms with Gasteiger partial charge in [-0.1, -0.05) is 0 Å². The number of hydrogen-bond donors (Lipinski definition) is 3. The van der Waals surface area contributed by atoms with E-state index in [1.54, 1.807) is 13.8 Å². The standard InChI is InChI=1S/C11H15F3N2O2/c1-11(2,17)5-16-8-4-9(18-10(13)14)6(12)3-7(8)15/h3-4,10,16-17H,5,15H2,1-2H3. The summed E-state index contributed by atoms with van der Waals surface area (Å²) in [6.45, 7) is 0.106. The fourth-order valence-electron chi connectivity index (χ4n) is 1.22. The lowest BCUT2D eigenvalue weighted by Gasteiger charge is -2.20. The van der Waals surface area contributed by atoms with E-state index in [0.29, 0.717) is 0 Å². The summed E-state index contributed by atoms with van der Waals surface area (Å²) in [5.41, 5.74) is 4.76. The Morgan fingerprint density at radius 1 is 1.44 bits per heavy atom. The predicted octanol–water partition coefficient (Wildman–Crippen LogP) is 2.19.